The lowest BCUT2D eigenvalue weighted by molar-refractivity contribution is 0.0949. The first-order chi connectivity index (χ1) is 14.1. The first kappa shape index (κ1) is 19.2. The van der Waals surface area contributed by atoms with Crippen molar-refractivity contribution in [1.29, 1.82) is 0 Å². The number of benzene rings is 1. The van der Waals surface area contributed by atoms with E-state index in [1.54, 1.807) is 0 Å². The molecule has 150 valence electrons. The van der Waals surface area contributed by atoms with Crippen LogP contribution >= 0.6 is 0 Å². The quantitative estimate of drug-likeness (QED) is 0.701. The second kappa shape index (κ2) is 8.47. The number of aromatic nitrogens is 3. The summed E-state index contributed by atoms with van der Waals surface area (Å²) in [4.78, 5) is 19.7. The lowest BCUT2D eigenvalue weighted by Gasteiger charge is -2.17. The fourth-order valence-corrected chi connectivity index (χ4v) is 3.90. The van der Waals surface area contributed by atoms with Gasteiger partial charge in [0.05, 0.1) is 17.8 Å². The zero-order valence-corrected chi connectivity index (χ0v) is 17.1. The van der Waals surface area contributed by atoms with Gasteiger partial charge in [0.2, 0.25) is 0 Å². The monoisotopic (exact) mass is 389 g/mol. The van der Waals surface area contributed by atoms with Crippen molar-refractivity contribution >= 4 is 11.7 Å². The predicted molar refractivity (Wildman–Crippen MR) is 114 cm³/mol. The normalized spacial score (nSPS) is 13.7. The van der Waals surface area contributed by atoms with Crippen LogP contribution in [0.2, 0.25) is 0 Å². The van der Waals surface area contributed by atoms with Gasteiger partial charge in [0.15, 0.2) is 0 Å². The highest BCUT2D eigenvalue weighted by Crippen LogP contribution is 2.19. The van der Waals surface area contributed by atoms with Crippen molar-refractivity contribution in [2.75, 3.05) is 18.0 Å². The van der Waals surface area contributed by atoms with Gasteiger partial charge in [-0.05, 0) is 49.9 Å². The summed E-state index contributed by atoms with van der Waals surface area (Å²) in [6.45, 7) is 7.09. The Morgan fingerprint density at radius 1 is 1.07 bits per heavy atom. The van der Waals surface area contributed by atoms with Crippen molar-refractivity contribution in [1.82, 2.24) is 20.1 Å². The molecule has 2 aromatic heterocycles. The standard InChI is InChI=1S/C23H27N5O/c1-17-22(18(2)28(26-17)16-19-8-4-3-5-9-19)23(29)25-15-20-10-11-24-21(14-20)27-12-6-7-13-27/h3-5,8-11,14H,6-7,12-13,15-16H2,1-2H3,(H,25,29). The maximum atomic E-state index is 12.9. The Labute approximate surface area is 171 Å². The van der Waals surface area contributed by atoms with Crippen LogP contribution in [0.25, 0.3) is 0 Å². The van der Waals surface area contributed by atoms with E-state index >= 15 is 0 Å². The minimum absolute atomic E-state index is 0.0844. The van der Waals surface area contributed by atoms with Gasteiger partial charge in [-0.15, -0.1) is 0 Å². The van der Waals surface area contributed by atoms with E-state index in [4.69, 9.17) is 0 Å². The van der Waals surface area contributed by atoms with E-state index in [1.807, 2.05) is 49.0 Å². The summed E-state index contributed by atoms with van der Waals surface area (Å²) >= 11 is 0. The largest absolute Gasteiger partial charge is 0.357 e. The van der Waals surface area contributed by atoms with Crippen LogP contribution in [-0.2, 0) is 13.1 Å². The van der Waals surface area contributed by atoms with Gasteiger partial charge in [0, 0.05) is 31.5 Å². The molecule has 0 unspecified atom stereocenters. The summed E-state index contributed by atoms with van der Waals surface area (Å²) in [6.07, 6.45) is 4.26. The SMILES string of the molecule is Cc1nn(Cc2ccccc2)c(C)c1C(=O)NCc1ccnc(N2CCCC2)c1. The summed E-state index contributed by atoms with van der Waals surface area (Å²) in [6, 6.07) is 14.2. The molecule has 1 amide bonds. The molecule has 3 aromatic rings. The molecule has 1 aliphatic heterocycles. The molecule has 1 aromatic carbocycles. The van der Waals surface area contributed by atoms with E-state index in [0.29, 0.717) is 18.7 Å². The topological polar surface area (TPSA) is 63.1 Å². The van der Waals surface area contributed by atoms with E-state index in [1.165, 1.54) is 12.8 Å². The fourth-order valence-electron chi connectivity index (χ4n) is 3.90. The molecule has 0 bridgehead atoms. The summed E-state index contributed by atoms with van der Waals surface area (Å²) in [7, 11) is 0. The molecular formula is C23H27N5O. The zero-order valence-electron chi connectivity index (χ0n) is 17.1. The predicted octanol–water partition coefficient (Wildman–Crippen LogP) is 3.47. The van der Waals surface area contributed by atoms with Crippen LogP contribution in [0.1, 0.15) is 45.7 Å². The number of pyridine rings is 1. The maximum Gasteiger partial charge on any atom is 0.255 e. The number of carbonyl (C=O) groups is 1. The molecule has 0 radical (unpaired) electrons. The number of amides is 1. The van der Waals surface area contributed by atoms with Gasteiger partial charge < -0.3 is 10.2 Å². The van der Waals surface area contributed by atoms with Crippen molar-refractivity contribution in [3.8, 4) is 0 Å². The molecule has 0 spiro atoms. The van der Waals surface area contributed by atoms with Gasteiger partial charge in [-0.3, -0.25) is 9.48 Å². The van der Waals surface area contributed by atoms with Crippen molar-refractivity contribution in [2.45, 2.75) is 39.8 Å². The molecule has 1 fully saturated rings. The smallest absolute Gasteiger partial charge is 0.255 e. The van der Waals surface area contributed by atoms with Gasteiger partial charge in [0.1, 0.15) is 5.82 Å². The molecular weight excluding hydrogens is 362 g/mol. The van der Waals surface area contributed by atoms with Crippen LogP contribution in [0.5, 0.6) is 0 Å². The molecule has 1 aliphatic rings. The van der Waals surface area contributed by atoms with Crippen LogP contribution in [0.4, 0.5) is 5.82 Å². The maximum absolute atomic E-state index is 12.9. The van der Waals surface area contributed by atoms with Crippen molar-refractivity contribution in [2.24, 2.45) is 0 Å². The van der Waals surface area contributed by atoms with Gasteiger partial charge in [-0.1, -0.05) is 30.3 Å². The molecule has 1 N–H and O–H groups in total. The van der Waals surface area contributed by atoms with Crippen LogP contribution in [0, 0.1) is 13.8 Å². The Morgan fingerprint density at radius 2 is 1.83 bits per heavy atom. The number of hydrogen-bond donors (Lipinski definition) is 1. The average Bonchev–Trinajstić information content (AvgIpc) is 3.36. The number of rotatable bonds is 6. The number of nitrogens with zero attached hydrogens (tertiary/aromatic N) is 4. The van der Waals surface area contributed by atoms with Gasteiger partial charge >= 0.3 is 0 Å². The third kappa shape index (κ3) is 4.31. The Bertz CT molecular complexity index is 990. The van der Waals surface area contributed by atoms with Crippen molar-refractivity contribution < 1.29 is 4.79 Å². The van der Waals surface area contributed by atoms with E-state index < -0.39 is 0 Å². The van der Waals surface area contributed by atoms with Crippen LogP contribution < -0.4 is 10.2 Å². The third-order valence-corrected chi connectivity index (χ3v) is 5.48. The van der Waals surface area contributed by atoms with E-state index in [0.717, 1.165) is 41.4 Å². The van der Waals surface area contributed by atoms with E-state index in [9.17, 15) is 4.79 Å². The molecule has 0 aliphatic carbocycles. The van der Waals surface area contributed by atoms with Crippen molar-refractivity contribution in [3.05, 3.63) is 76.7 Å². The second-order valence-electron chi connectivity index (χ2n) is 7.59. The lowest BCUT2D eigenvalue weighted by Crippen LogP contribution is -2.24. The van der Waals surface area contributed by atoms with Crippen LogP contribution in [0.3, 0.4) is 0 Å². The van der Waals surface area contributed by atoms with Gasteiger partial charge in [-0.25, -0.2) is 4.98 Å². The summed E-state index contributed by atoms with van der Waals surface area (Å²) in [5, 5.41) is 7.64. The Balaban J connectivity index is 1.44. The van der Waals surface area contributed by atoms with Crippen molar-refractivity contribution in [3.63, 3.8) is 0 Å². The Morgan fingerprint density at radius 3 is 2.59 bits per heavy atom. The molecule has 0 atom stereocenters. The Hall–Kier alpha value is -3.15. The molecule has 6 nitrogen and oxygen atoms in total. The number of hydrogen-bond acceptors (Lipinski definition) is 4. The third-order valence-electron chi connectivity index (χ3n) is 5.48. The van der Waals surface area contributed by atoms with Gasteiger partial charge in [-0.2, -0.15) is 5.10 Å². The second-order valence-corrected chi connectivity index (χ2v) is 7.59. The van der Waals surface area contributed by atoms with Crippen LogP contribution in [0.15, 0.2) is 48.7 Å². The van der Waals surface area contributed by atoms with E-state index in [2.05, 4.69) is 38.5 Å². The minimum Gasteiger partial charge on any atom is -0.357 e. The first-order valence-electron chi connectivity index (χ1n) is 10.2. The molecule has 3 heterocycles. The molecule has 29 heavy (non-hydrogen) atoms. The zero-order chi connectivity index (χ0) is 20.2. The summed E-state index contributed by atoms with van der Waals surface area (Å²) in [5.41, 5.74) is 4.52. The highest BCUT2D eigenvalue weighted by atomic mass is 16.1. The summed E-state index contributed by atoms with van der Waals surface area (Å²) in [5.74, 6) is 0.913. The lowest BCUT2D eigenvalue weighted by atomic mass is 10.1. The fraction of sp³-hybridized carbons (Fsp3) is 0.348. The molecule has 0 saturated carbocycles. The number of aryl methyl sites for hydroxylation is 1. The number of nitrogens with one attached hydrogen (secondary N) is 1. The Kier molecular flexibility index (Phi) is 5.60. The molecule has 1 saturated heterocycles. The number of carbonyl (C=O) groups excluding carboxylic acids is 1. The van der Waals surface area contributed by atoms with Gasteiger partial charge in [0.25, 0.3) is 5.91 Å². The average molecular weight is 390 g/mol. The highest BCUT2D eigenvalue weighted by Gasteiger charge is 2.19. The molecule has 6 heteroatoms. The van der Waals surface area contributed by atoms with E-state index in [-0.39, 0.29) is 5.91 Å². The highest BCUT2D eigenvalue weighted by molar-refractivity contribution is 5.96. The number of anilines is 1. The minimum atomic E-state index is -0.0844. The molecule has 4 rings (SSSR count). The van der Waals surface area contributed by atoms with Crippen LogP contribution in [-0.4, -0.2) is 33.8 Å². The first-order valence-corrected chi connectivity index (χ1v) is 10.2. The summed E-state index contributed by atoms with van der Waals surface area (Å²) < 4.78 is 1.90.